The molecule has 1 N–H and O–H groups in total. The van der Waals surface area contributed by atoms with Crippen molar-refractivity contribution in [2.24, 2.45) is 0 Å². The van der Waals surface area contributed by atoms with Crippen molar-refractivity contribution >= 4 is 11.6 Å². The Hall–Kier alpha value is -1.39. The average Bonchev–Trinajstić information content (AvgIpc) is 2.58. The topological polar surface area (TPSA) is 43.8 Å². The summed E-state index contributed by atoms with van der Waals surface area (Å²) in [6.45, 7) is 1.29. The number of nitrogens with zero attached hydrogens (tertiary/aromatic N) is 2. The Bertz CT molecular complexity index is 400. The van der Waals surface area contributed by atoms with Gasteiger partial charge in [0.15, 0.2) is 0 Å². The van der Waals surface area contributed by atoms with Crippen molar-refractivity contribution in [2.45, 2.75) is 19.1 Å². The highest BCUT2D eigenvalue weighted by atomic mass is 16.3. The molecule has 1 heterocycles. The van der Waals surface area contributed by atoms with Gasteiger partial charge in [-0.1, -0.05) is 12.1 Å². The fourth-order valence-electron chi connectivity index (χ4n) is 2.08. The summed E-state index contributed by atoms with van der Waals surface area (Å²) in [6.07, 6.45) is -0.289. The first-order valence-electron chi connectivity index (χ1n) is 5.78. The van der Waals surface area contributed by atoms with Crippen molar-refractivity contribution in [1.82, 2.24) is 4.90 Å². The lowest BCUT2D eigenvalue weighted by atomic mass is 10.2. The Morgan fingerprint density at radius 1 is 1.35 bits per heavy atom. The molecule has 0 aromatic heterocycles. The van der Waals surface area contributed by atoms with Crippen LogP contribution in [0.25, 0.3) is 0 Å². The van der Waals surface area contributed by atoms with Crippen LogP contribution in [-0.2, 0) is 11.3 Å². The number of anilines is 1. The molecule has 0 spiro atoms. The summed E-state index contributed by atoms with van der Waals surface area (Å²) in [4.78, 5) is 15.3. The number of hydrogen-bond acceptors (Lipinski definition) is 3. The molecule has 4 nitrogen and oxygen atoms in total. The lowest BCUT2D eigenvalue weighted by Gasteiger charge is -2.17. The quantitative estimate of drug-likeness (QED) is 0.843. The molecule has 1 unspecified atom stereocenters. The van der Waals surface area contributed by atoms with Crippen LogP contribution in [0.2, 0.25) is 0 Å². The van der Waals surface area contributed by atoms with Crippen LogP contribution in [0, 0.1) is 0 Å². The Balaban J connectivity index is 2.10. The van der Waals surface area contributed by atoms with Gasteiger partial charge in [0, 0.05) is 12.2 Å². The van der Waals surface area contributed by atoms with Crippen LogP contribution in [-0.4, -0.2) is 42.7 Å². The maximum Gasteiger partial charge on any atom is 0.229 e. The molecule has 1 aromatic rings. The number of hydrogen-bond donors (Lipinski definition) is 1. The van der Waals surface area contributed by atoms with Gasteiger partial charge in [0.05, 0.1) is 19.1 Å². The number of carbonyl (C=O) groups is 1. The van der Waals surface area contributed by atoms with E-state index in [4.69, 9.17) is 0 Å². The second kappa shape index (κ2) is 4.85. The fourth-order valence-corrected chi connectivity index (χ4v) is 2.08. The molecule has 1 amide bonds. The number of amides is 1. The predicted molar refractivity (Wildman–Crippen MR) is 66.8 cm³/mol. The van der Waals surface area contributed by atoms with Crippen molar-refractivity contribution in [2.75, 3.05) is 25.5 Å². The Morgan fingerprint density at radius 3 is 2.47 bits per heavy atom. The van der Waals surface area contributed by atoms with E-state index in [-0.39, 0.29) is 12.3 Å². The average molecular weight is 234 g/mol. The number of benzene rings is 1. The molecule has 0 radical (unpaired) electrons. The molecular weight excluding hydrogens is 216 g/mol. The summed E-state index contributed by atoms with van der Waals surface area (Å²) < 4.78 is 0. The highest BCUT2D eigenvalue weighted by Crippen LogP contribution is 2.22. The van der Waals surface area contributed by atoms with E-state index in [1.807, 2.05) is 38.4 Å². The van der Waals surface area contributed by atoms with E-state index in [9.17, 15) is 9.90 Å². The minimum absolute atomic E-state index is 0.00198. The van der Waals surface area contributed by atoms with Gasteiger partial charge < -0.3 is 14.9 Å². The molecular formula is C13H18N2O2. The van der Waals surface area contributed by atoms with E-state index in [2.05, 4.69) is 4.90 Å². The molecule has 0 bridgehead atoms. The lowest BCUT2D eigenvalue weighted by molar-refractivity contribution is -0.117. The van der Waals surface area contributed by atoms with E-state index in [0.29, 0.717) is 6.54 Å². The van der Waals surface area contributed by atoms with Crippen LogP contribution < -0.4 is 4.90 Å². The van der Waals surface area contributed by atoms with Gasteiger partial charge in [-0.15, -0.1) is 0 Å². The fraction of sp³-hybridized carbons (Fsp3) is 0.462. The minimum atomic E-state index is -0.524. The second-order valence-electron chi connectivity index (χ2n) is 4.77. The SMILES string of the molecule is CN(C)Cc1ccc(N2CC(O)CC2=O)cc1. The molecule has 4 heteroatoms. The van der Waals surface area contributed by atoms with Crippen LogP contribution >= 0.6 is 0 Å². The molecule has 17 heavy (non-hydrogen) atoms. The largest absolute Gasteiger partial charge is 0.391 e. The van der Waals surface area contributed by atoms with Gasteiger partial charge in [0.1, 0.15) is 0 Å². The highest BCUT2D eigenvalue weighted by Gasteiger charge is 2.28. The van der Waals surface area contributed by atoms with Crippen molar-refractivity contribution in [3.63, 3.8) is 0 Å². The van der Waals surface area contributed by atoms with Crippen molar-refractivity contribution in [3.05, 3.63) is 29.8 Å². The standard InChI is InChI=1S/C13H18N2O2/c1-14(2)8-10-3-5-11(6-4-10)15-9-12(16)7-13(15)17/h3-6,12,16H,7-9H2,1-2H3. The molecule has 1 saturated heterocycles. The monoisotopic (exact) mass is 234 g/mol. The number of aliphatic hydroxyl groups is 1. The Kier molecular flexibility index (Phi) is 3.45. The molecule has 1 atom stereocenters. The third kappa shape index (κ3) is 2.84. The van der Waals surface area contributed by atoms with Crippen LogP contribution in [0.15, 0.2) is 24.3 Å². The zero-order valence-electron chi connectivity index (χ0n) is 10.3. The van der Waals surface area contributed by atoms with Gasteiger partial charge >= 0.3 is 0 Å². The van der Waals surface area contributed by atoms with Crippen molar-refractivity contribution < 1.29 is 9.90 Å². The number of aliphatic hydroxyl groups excluding tert-OH is 1. The van der Waals surface area contributed by atoms with Crippen LogP contribution in [0.3, 0.4) is 0 Å². The van der Waals surface area contributed by atoms with Gasteiger partial charge in [-0.05, 0) is 31.8 Å². The lowest BCUT2D eigenvalue weighted by Crippen LogP contribution is -2.25. The van der Waals surface area contributed by atoms with Crippen LogP contribution in [0.5, 0.6) is 0 Å². The first-order chi connectivity index (χ1) is 8.06. The molecule has 1 fully saturated rings. The van der Waals surface area contributed by atoms with E-state index in [1.54, 1.807) is 4.90 Å². The third-order valence-electron chi connectivity index (χ3n) is 2.85. The van der Waals surface area contributed by atoms with Gasteiger partial charge in [0.2, 0.25) is 5.91 Å². The maximum atomic E-state index is 11.6. The highest BCUT2D eigenvalue weighted by molar-refractivity contribution is 5.96. The van der Waals surface area contributed by atoms with Crippen LogP contribution in [0.4, 0.5) is 5.69 Å². The van der Waals surface area contributed by atoms with E-state index < -0.39 is 6.10 Å². The molecule has 1 aliphatic rings. The first kappa shape index (κ1) is 12.1. The number of rotatable bonds is 3. The summed E-state index contributed by atoms with van der Waals surface area (Å²) in [7, 11) is 4.04. The van der Waals surface area contributed by atoms with E-state index >= 15 is 0 Å². The van der Waals surface area contributed by atoms with Crippen LogP contribution in [0.1, 0.15) is 12.0 Å². The summed E-state index contributed by atoms with van der Waals surface area (Å²) in [5, 5.41) is 9.44. The summed E-state index contributed by atoms with van der Waals surface area (Å²) >= 11 is 0. The summed E-state index contributed by atoms with van der Waals surface area (Å²) in [5.74, 6) is -0.00198. The predicted octanol–water partition coefficient (Wildman–Crippen LogP) is 0.846. The van der Waals surface area contributed by atoms with Gasteiger partial charge in [-0.3, -0.25) is 4.79 Å². The molecule has 1 aliphatic heterocycles. The minimum Gasteiger partial charge on any atom is -0.391 e. The van der Waals surface area contributed by atoms with E-state index in [1.165, 1.54) is 5.56 Å². The second-order valence-corrected chi connectivity index (χ2v) is 4.77. The van der Waals surface area contributed by atoms with Gasteiger partial charge in [-0.2, -0.15) is 0 Å². The molecule has 0 aliphatic carbocycles. The normalized spacial score (nSPS) is 20.4. The number of carbonyl (C=O) groups excluding carboxylic acids is 1. The van der Waals surface area contributed by atoms with Crippen molar-refractivity contribution in [1.29, 1.82) is 0 Å². The summed E-state index contributed by atoms with van der Waals surface area (Å²) in [6, 6.07) is 7.92. The Morgan fingerprint density at radius 2 is 2.00 bits per heavy atom. The zero-order valence-corrected chi connectivity index (χ0v) is 10.3. The third-order valence-corrected chi connectivity index (χ3v) is 2.85. The molecule has 92 valence electrons. The molecule has 0 saturated carbocycles. The van der Waals surface area contributed by atoms with E-state index in [0.717, 1.165) is 12.2 Å². The van der Waals surface area contributed by atoms with Crippen molar-refractivity contribution in [3.8, 4) is 0 Å². The maximum absolute atomic E-state index is 11.6. The first-order valence-corrected chi connectivity index (χ1v) is 5.78. The molecule has 1 aromatic carbocycles. The molecule has 2 rings (SSSR count). The number of β-amino-alcohol motifs (C(OH)–C–C–N with tert-alkyl or cyclic N) is 1. The summed E-state index contributed by atoms with van der Waals surface area (Å²) in [5.41, 5.74) is 2.08. The smallest absolute Gasteiger partial charge is 0.229 e. The zero-order chi connectivity index (χ0) is 12.4. The van der Waals surface area contributed by atoms with Gasteiger partial charge in [0.25, 0.3) is 0 Å². The Labute approximate surface area is 101 Å². The van der Waals surface area contributed by atoms with Gasteiger partial charge in [-0.25, -0.2) is 0 Å².